The van der Waals surface area contributed by atoms with Gasteiger partial charge in [0.25, 0.3) is 5.91 Å². The van der Waals surface area contributed by atoms with Crippen LogP contribution >= 0.6 is 0 Å². The average Bonchev–Trinajstić information content (AvgIpc) is 2.49. The van der Waals surface area contributed by atoms with Gasteiger partial charge in [0.05, 0.1) is 6.04 Å². The second-order valence-electron chi connectivity index (χ2n) is 4.77. The Bertz CT molecular complexity index is 403. The Morgan fingerprint density at radius 2 is 1.89 bits per heavy atom. The van der Waals surface area contributed by atoms with Crippen molar-refractivity contribution in [2.75, 3.05) is 20.8 Å². The normalized spacial score (nSPS) is 19.7. The quantitative estimate of drug-likeness (QED) is 0.782. The second-order valence-corrected chi connectivity index (χ2v) is 4.77. The van der Waals surface area contributed by atoms with Crippen LogP contribution in [0.5, 0.6) is 0 Å². The number of amides is 1. The van der Waals surface area contributed by atoms with E-state index in [0.717, 1.165) is 31.4 Å². The van der Waals surface area contributed by atoms with Gasteiger partial charge < -0.3 is 14.4 Å². The first-order valence-electron chi connectivity index (χ1n) is 6.69. The Hall–Kier alpha value is -1.39. The third-order valence-corrected chi connectivity index (χ3v) is 3.61. The van der Waals surface area contributed by atoms with Crippen LogP contribution in [-0.2, 0) is 9.47 Å². The van der Waals surface area contributed by atoms with Crippen molar-refractivity contribution in [2.24, 2.45) is 0 Å². The maximum Gasteiger partial charge on any atom is 0.254 e. The van der Waals surface area contributed by atoms with Crippen LogP contribution in [0, 0.1) is 0 Å². The number of likely N-dealkylation sites (tertiary alicyclic amines) is 1. The van der Waals surface area contributed by atoms with E-state index in [4.69, 9.17) is 9.47 Å². The fourth-order valence-corrected chi connectivity index (χ4v) is 2.65. The number of piperidine rings is 1. The molecule has 19 heavy (non-hydrogen) atoms. The average molecular weight is 263 g/mol. The lowest BCUT2D eigenvalue weighted by molar-refractivity contribution is -0.146. The fraction of sp³-hybridized carbons (Fsp3) is 0.533. The number of ether oxygens (including phenoxy) is 2. The molecule has 0 radical (unpaired) electrons. The SMILES string of the molecule is COC(OC)[C@@H]1CCCCN1C(=O)c1ccccc1. The van der Waals surface area contributed by atoms with Gasteiger partial charge in [-0.1, -0.05) is 18.2 Å². The minimum atomic E-state index is -0.354. The summed E-state index contributed by atoms with van der Waals surface area (Å²) in [6, 6.07) is 9.38. The molecular weight excluding hydrogens is 242 g/mol. The van der Waals surface area contributed by atoms with Crippen LogP contribution in [-0.4, -0.2) is 43.9 Å². The van der Waals surface area contributed by atoms with Gasteiger partial charge in [0.2, 0.25) is 0 Å². The van der Waals surface area contributed by atoms with Crippen LogP contribution in [0.3, 0.4) is 0 Å². The molecule has 2 rings (SSSR count). The molecular formula is C15H21NO3. The van der Waals surface area contributed by atoms with E-state index in [1.54, 1.807) is 14.2 Å². The first-order chi connectivity index (χ1) is 9.27. The predicted molar refractivity (Wildman–Crippen MR) is 72.9 cm³/mol. The van der Waals surface area contributed by atoms with Gasteiger partial charge in [0.1, 0.15) is 0 Å². The van der Waals surface area contributed by atoms with Crippen molar-refractivity contribution in [1.82, 2.24) is 4.90 Å². The zero-order valence-electron chi connectivity index (χ0n) is 11.5. The molecule has 1 aliphatic rings. The molecule has 0 spiro atoms. The summed E-state index contributed by atoms with van der Waals surface area (Å²) in [7, 11) is 3.24. The largest absolute Gasteiger partial charge is 0.354 e. The summed E-state index contributed by atoms with van der Waals surface area (Å²) in [5, 5.41) is 0. The summed E-state index contributed by atoms with van der Waals surface area (Å²) in [5.74, 6) is 0.0596. The Morgan fingerprint density at radius 3 is 2.53 bits per heavy atom. The minimum absolute atomic E-state index is 0.00328. The number of carbonyl (C=O) groups excluding carboxylic acids is 1. The van der Waals surface area contributed by atoms with E-state index >= 15 is 0 Å². The third kappa shape index (κ3) is 3.14. The van der Waals surface area contributed by atoms with E-state index in [2.05, 4.69) is 0 Å². The Balaban J connectivity index is 2.17. The topological polar surface area (TPSA) is 38.8 Å². The number of carbonyl (C=O) groups is 1. The molecule has 0 aliphatic carbocycles. The van der Waals surface area contributed by atoms with Crippen LogP contribution in [0.4, 0.5) is 0 Å². The summed E-state index contributed by atoms with van der Waals surface area (Å²) >= 11 is 0. The van der Waals surface area contributed by atoms with Gasteiger partial charge in [-0.25, -0.2) is 0 Å². The number of hydrogen-bond acceptors (Lipinski definition) is 3. The predicted octanol–water partition coefficient (Wildman–Crippen LogP) is 2.30. The van der Waals surface area contributed by atoms with Crippen molar-refractivity contribution in [3.63, 3.8) is 0 Å². The molecule has 1 aliphatic heterocycles. The molecule has 0 aromatic heterocycles. The maximum atomic E-state index is 12.6. The lowest BCUT2D eigenvalue weighted by Crippen LogP contribution is -2.50. The molecule has 4 nitrogen and oxygen atoms in total. The summed E-state index contributed by atoms with van der Waals surface area (Å²) in [6.07, 6.45) is 2.71. The van der Waals surface area contributed by atoms with Gasteiger partial charge in [-0.15, -0.1) is 0 Å². The minimum Gasteiger partial charge on any atom is -0.354 e. The van der Waals surface area contributed by atoms with E-state index in [0.29, 0.717) is 0 Å². The Labute approximate surface area is 114 Å². The first-order valence-corrected chi connectivity index (χ1v) is 6.69. The molecule has 1 aromatic rings. The Morgan fingerprint density at radius 1 is 1.21 bits per heavy atom. The number of rotatable bonds is 4. The van der Waals surface area contributed by atoms with Crippen molar-refractivity contribution < 1.29 is 14.3 Å². The molecule has 1 amide bonds. The van der Waals surface area contributed by atoms with Gasteiger partial charge in [-0.2, -0.15) is 0 Å². The number of methoxy groups -OCH3 is 2. The summed E-state index contributed by atoms with van der Waals surface area (Å²) in [6.45, 7) is 0.765. The Kier molecular flexibility index (Phi) is 4.93. The monoisotopic (exact) mass is 263 g/mol. The van der Waals surface area contributed by atoms with E-state index in [1.165, 1.54) is 0 Å². The molecule has 1 saturated heterocycles. The highest BCUT2D eigenvalue weighted by atomic mass is 16.7. The van der Waals surface area contributed by atoms with E-state index in [1.807, 2.05) is 35.2 Å². The van der Waals surface area contributed by atoms with Crippen LogP contribution in [0.2, 0.25) is 0 Å². The van der Waals surface area contributed by atoms with Gasteiger partial charge in [-0.05, 0) is 31.4 Å². The molecule has 1 heterocycles. The standard InChI is InChI=1S/C15H21NO3/c1-18-15(19-2)13-10-6-7-11-16(13)14(17)12-8-4-3-5-9-12/h3-5,8-9,13,15H,6-7,10-11H2,1-2H3/t13-/m0/s1. The van der Waals surface area contributed by atoms with E-state index < -0.39 is 0 Å². The highest BCUT2D eigenvalue weighted by Crippen LogP contribution is 2.23. The summed E-state index contributed by atoms with van der Waals surface area (Å²) in [4.78, 5) is 14.4. The van der Waals surface area contributed by atoms with E-state index in [9.17, 15) is 4.79 Å². The first kappa shape index (κ1) is 14.0. The molecule has 4 heteroatoms. The van der Waals surface area contributed by atoms with Gasteiger partial charge in [0, 0.05) is 26.3 Å². The number of hydrogen-bond donors (Lipinski definition) is 0. The van der Waals surface area contributed by atoms with Crippen molar-refractivity contribution >= 4 is 5.91 Å². The van der Waals surface area contributed by atoms with Crippen LogP contribution in [0.25, 0.3) is 0 Å². The number of nitrogens with zero attached hydrogens (tertiary/aromatic N) is 1. The van der Waals surface area contributed by atoms with Crippen LogP contribution < -0.4 is 0 Å². The van der Waals surface area contributed by atoms with Crippen LogP contribution in [0.15, 0.2) is 30.3 Å². The van der Waals surface area contributed by atoms with Crippen molar-refractivity contribution in [3.05, 3.63) is 35.9 Å². The highest BCUT2D eigenvalue weighted by molar-refractivity contribution is 5.94. The molecule has 0 bridgehead atoms. The lowest BCUT2D eigenvalue weighted by Gasteiger charge is -2.39. The molecule has 0 unspecified atom stereocenters. The molecule has 1 fully saturated rings. The lowest BCUT2D eigenvalue weighted by atomic mass is 10.00. The maximum absolute atomic E-state index is 12.6. The van der Waals surface area contributed by atoms with Gasteiger partial charge >= 0.3 is 0 Å². The molecule has 1 aromatic carbocycles. The van der Waals surface area contributed by atoms with E-state index in [-0.39, 0.29) is 18.2 Å². The number of benzene rings is 1. The zero-order valence-corrected chi connectivity index (χ0v) is 11.5. The smallest absolute Gasteiger partial charge is 0.254 e. The van der Waals surface area contributed by atoms with Crippen LogP contribution in [0.1, 0.15) is 29.6 Å². The summed E-state index contributed by atoms with van der Waals surface area (Å²) in [5.41, 5.74) is 0.723. The second kappa shape index (κ2) is 6.68. The molecule has 1 atom stereocenters. The van der Waals surface area contributed by atoms with Gasteiger partial charge in [0.15, 0.2) is 6.29 Å². The van der Waals surface area contributed by atoms with Crippen molar-refractivity contribution in [2.45, 2.75) is 31.6 Å². The fourth-order valence-electron chi connectivity index (χ4n) is 2.65. The van der Waals surface area contributed by atoms with Crippen molar-refractivity contribution in [3.8, 4) is 0 Å². The molecule has 0 saturated carbocycles. The summed E-state index contributed by atoms with van der Waals surface area (Å²) < 4.78 is 10.7. The third-order valence-electron chi connectivity index (χ3n) is 3.61. The molecule has 0 N–H and O–H groups in total. The van der Waals surface area contributed by atoms with Crippen molar-refractivity contribution in [1.29, 1.82) is 0 Å². The molecule has 104 valence electrons. The zero-order chi connectivity index (χ0) is 13.7. The van der Waals surface area contributed by atoms with Gasteiger partial charge in [-0.3, -0.25) is 4.79 Å². The highest BCUT2D eigenvalue weighted by Gasteiger charge is 2.33.